The number of amides is 1. The van der Waals surface area contributed by atoms with Crippen molar-refractivity contribution in [2.45, 2.75) is 26.2 Å². The van der Waals surface area contributed by atoms with Gasteiger partial charge in [0.25, 0.3) is 11.1 Å². The van der Waals surface area contributed by atoms with E-state index in [0.717, 1.165) is 0 Å². The maximum Gasteiger partial charge on any atom is 0.266 e. The lowest BCUT2D eigenvalue weighted by molar-refractivity contribution is -0.129. The molecule has 1 fully saturated rings. The zero-order chi connectivity index (χ0) is 17.3. The number of nitrogens with zero attached hydrogens (tertiary/aromatic N) is 1. The summed E-state index contributed by atoms with van der Waals surface area (Å²) in [6.45, 7) is 5.55. The van der Waals surface area contributed by atoms with Crippen molar-refractivity contribution < 1.29 is 4.79 Å². The summed E-state index contributed by atoms with van der Waals surface area (Å²) in [6.07, 6.45) is -0.0587. The minimum Gasteiger partial charge on any atom is -0.341 e. The molecule has 1 atom stereocenters. The average Bonchev–Trinajstić information content (AvgIpc) is 2.87. The Morgan fingerprint density at radius 2 is 1.92 bits per heavy atom. The fourth-order valence-electron chi connectivity index (χ4n) is 3.43. The molecule has 2 aromatic rings. The van der Waals surface area contributed by atoms with Crippen LogP contribution >= 0.6 is 0 Å². The second-order valence-electron chi connectivity index (χ2n) is 7.02. The van der Waals surface area contributed by atoms with Gasteiger partial charge >= 0.3 is 0 Å². The van der Waals surface area contributed by atoms with E-state index in [0.29, 0.717) is 13.1 Å². The summed E-state index contributed by atoms with van der Waals surface area (Å²) in [5.74, 6) is 0.123. The molecule has 0 aliphatic carbocycles. The molecule has 24 heavy (non-hydrogen) atoms. The summed E-state index contributed by atoms with van der Waals surface area (Å²) >= 11 is 0. The van der Waals surface area contributed by atoms with Crippen LogP contribution in [-0.4, -0.2) is 34.1 Å². The zero-order valence-electron chi connectivity index (χ0n) is 13.8. The molecule has 0 unspecified atom stereocenters. The van der Waals surface area contributed by atoms with Crippen LogP contribution < -0.4 is 11.1 Å². The molecule has 1 amide bonds. The van der Waals surface area contributed by atoms with E-state index < -0.39 is 11.1 Å². The van der Waals surface area contributed by atoms with Crippen LogP contribution in [0.3, 0.4) is 0 Å². The van der Waals surface area contributed by atoms with Crippen molar-refractivity contribution in [3.05, 3.63) is 68.2 Å². The van der Waals surface area contributed by atoms with Crippen LogP contribution in [0.1, 0.15) is 30.9 Å². The number of rotatable bonds is 3. The molecule has 1 aliphatic rings. The van der Waals surface area contributed by atoms with Gasteiger partial charge < -0.3 is 4.90 Å². The normalized spacial score (nSPS) is 19.4. The second kappa shape index (κ2) is 6.11. The minimum atomic E-state index is -0.430. The van der Waals surface area contributed by atoms with Crippen molar-refractivity contribution in [1.82, 2.24) is 15.1 Å². The van der Waals surface area contributed by atoms with Crippen LogP contribution in [0.25, 0.3) is 0 Å². The highest BCUT2D eigenvalue weighted by Gasteiger charge is 2.41. The third kappa shape index (κ3) is 3.18. The predicted molar refractivity (Wildman–Crippen MR) is 90.9 cm³/mol. The highest BCUT2D eigenvalue weighted by molar-refractivity contribution is 5.79. The van der Waals surface area contributed by atoms with Crippen LogP contribution in [0.2, 0.25) is 0 Å². The van der Waals surface area contributed by atoms with E-state index in [1.165, 1.54) is 11.6 Å². The highest BCUT2D eigenvalue weighted by Crippen LogP contribution is 2.42. The molecule has 1 aromatic heterocycles. The van der Waals surface area contributed by atoms with E-state index in [-0.39, 0.29) is 29.2 Å². The average molecular weight is 327 g/mol. The number of carbonyl (C=O) groups excluding carboxylic acids is 1. The van der Waals surface area contributed by atoms with E-state index in [9.17, 15) is 14.4 Å². The fraction of sp³-hybridized carbons (Fsp3) is 0.389. The summed E-state index contributed by atoms with van der Waals surface area (Å²) in [5.41, 5.74) is 0.524. The van der Waals surface area contributed by atoms with Gasteiger partial charge in [0.05, 0.1) is 6.42 Å². The number of H-pyrrole nitrogens is 2. The van der Waals surface area contributed by atoms with Gasteiger partial charge in [0, 0.05) is 30.6 Å². The molecular formula is C18H21N3O3. The lowest BCUT2D eigenvalue weighted by atomic mass is 9.78. The van der Waals surface area contributed by atoms with Crippen LogP contribution in [0.4, 0.5) is 0 Å². The molecule has 6 nitrogen and oxygen atoms in total. The molecular weight excluding hydrogens is 306 g/mol. The summed E-state index contributed by atoms with van der Waals surface area (Å²) in [7, 11) is 0. The highest BCUT2D eigenvalue weighted by atomic mass is 16.2. The summed E-state index contributed by atoms with van der Waals surface area (Å²) < 4.78 is 0. The third-order valence-corrected chi connectivity index (χ3v) is 4.74. The summed E-state index contributed by atoms with van der Waals surface area (Å²) in [6, 6.07) is 11.3. The number of carbonyl (C=O) groups is 1. The largest absolute Gasteiger partial charge is 0.341 e. The zero-order valence-corrected chi connectivity index (χ0v) is 13.8. The van der Waals surface area contributed by atoms with Gasteiger partial charge in [0.1, 0.15) is 0 Å². The molecule has 3 rings (SSSR count). The van der Waals surface area contributed by atoms with Crippen molar-refractivity contribution >= 4 is 5.91 Å². The van der Waals surface area contributed by atoms with Crippen molar-refractivity contribution in [3.63, 3.8) is 0 Å². The first-order valence-corrected chi connectivity index (χ1v) is 8.00. The van der Waals surface area contributed by atoms with Gasteiger partial charge in [-0.2, -0.15) is 0 Å². The molecule has 1 aliphatic heterocycles. The Kier molecular flexibility index (Phi) is 4.13. The van der Waals surface area contributed by atoms with Crippen molar-refractivity contribution in [3.8, 4) is 0 Å². The predicted octanol–water partition coefficient (Wildman–Crippen LogP) is 1.26. The van der Waals surface area contributed by atoms with Crippen molar-refractivity contribution in [2.24, 2.45) is 5.41 Å². The lowest BCUT2D eigenvalue weighted by Gasteiger charge is -2.25. The van der Waals surface area contributed by atoms with Crippen molar-refractivity contribution in [1.29, 1.82) is 0 Å². The second-order valence-corrected chi connectivity index (χ2v) is 7.02. The monoisotopic (exact) mass is 327 g/mol. The molecule has 6 heteroatoms. The molecule has 0 bridgehead atoms. The van der Waals surface area contributed by atoms with E-state index in [2.05, 4.69) is 36.2 Å². The van der Waals surface area contributed by atoms with Crippen LogP contribution in [-0.2, 0) is 11.2 Å². The van der Waals surface area contributed by atoms with Gasteiger partial charge in [-0.3, -0.25) is 24.6 Å². The first kappa shape index (κ1) is 16.2. The van der Waals surface area contributed by atoms with E-state index >= 15 is 0 Å². The number of benzene rings is 1. The third-order valence-electron chi connectivity index (χ3n) is 4.74. The Balaban J connectivity index is 1.79. The number of likely N-dealkylation sites (tertiary alicyclic amines) is 1. The smallest absolute Gasteiger partial charge is 0.266 e. The Labute approximate surface area is 139 Å². The lowest BCUT2D eigenvalue weighted by Crippen LogP contribution is -2.34. The number of aromatic nitrogens is 2. The Bertz CT molecular complexity index is 852. The van der Waals surface area contributed by atoms with Gasteiger partial charge in [0.2, 0.25) is 5.91 Å². The molecule has 0 saturated carbocycles. The number of nitrogens with one attached hydrogen (secondary N) is 2. The van der Waals surface area contributed by atoms with Gasteiger partial charge in [0.15, 0.2) is 0 Å². The van der Waals surface area contributed by atoms with Gasteiger partial charge in [-0.15, -0.1) is 0 Å². The maximum atomic E-state index is 12.6. The van der Waals surface area contributed by atoms with E-state index in [4.69, 9.17) is 0 Å². The molecule has 0 spiro atoms. The van der Waals surface area contributed by atoms with Crippen LogP contribution in [0, 0.1) is 5.41 Å². The Hall–Kier alpha value is -2.63. The fourth-order valence-corrected chi connectivity index (χ4v) is 3.43. The number of aromatic amines is 2. The standard InChI is InChI=1S/C18H21N3O3/c1-18(2)11-21(10-14(18)12-6-4-3-5-7-12)16(23)9-13-8-15(22)19-20-17(13)24/h3-8,14H,9-11H2,1-2H3,(H,19,22)(H,20,24)/t14-/m1/s1. The van der Waals surface area contributed by atoms with E-state index in [1.807, 2.05) is 18.2 Å². The SMILES string of the molecule is CC1(C)CN(C(=O)Cc2cc(=O)[nH][nH]c2=O)C[C@@H]1c1ccccc1. The van der Waals surface area contributed by atoms with Crippen molar-refractivity contribution in [2.75, 3.05) is 13.1 Å². The molecule has 1 aromatic carbocycles. The number of hydrogen-bond donors (Lipinski definition) is 2. The number of hydrogen-bond acceptors (Lipinski definition) is 3. The summed E-state index contributed by atoms with van der Waals surface area (Å²) in [5, 5.41) is 4.46. The molecule has 2 heterocycles. The minimum absolute atomic E-state index is 0.0441. The van der Waals surface area contributed by atoms with Gasteiger partial charge in [-0.05, 0) is 11.0 Å². The molecule has 126 valence electrons. The van der Waals surface area contributed by atoms with Crippen LogP contribution in [0.15, 0.2) is 46.0 Å². The van der Waals surface area contributed by atoms with Crippen LogP contribution in [0.5, 0.6) is 0 Å². The maximum absolute atomic E-state index is 12.6. The first-order chi connectivity index (χ1) is 11.4. The van der Waals surface area contributed by atoms with Gasteiger partial charge in [-0.25, -0.2) is 0 Å². The topological polar surface area (TPSA) is 86.0 Å². The molecule has 1 saturated heterocycles. The Morgan fingerprint density at radius 1 is 1.21 bits per heavy atom. The molecule has 0 radical (unpaired) electrons. The summed E-state index contributed by atoms with van der Waals surface area (Å²) in [4.78, 5) is 37.5. The Morgan fingerprint density at radius 3 is 2.62 bits per heavy atom. The molecule has 2 N–H and O–H groups in total. The quantitative estimate of drug-likeness (QED) is 0.890. The first-order valence-electron chi connectivity index (χ1n) is 8.00. The van der Waals surface area contributed by atoms with E-state index in [1.54, 1.807) is 4.90 Å². The van der Waals surface area contributed by atoms with Gasteiger partial charge in [-0.1, -0.05) is 44.2 Å².